The molecular formula is C25H20Cl2N2O5. The van der Waals surface area contributed by atoms with Crippen molar-refractivity contribution in [3.05, 3.63) is 94.0 Å². The number of nitrogens with one attached hydrogen (secondary N) is 2. The highest BCUT2D eigenvalue weighted by molar-refractivity contribution is 6.36. The maximum absolute atomic E-state index is 13.1. The minimum atomic E-state index is -1.13. The van der Waals surface area contributed by atoms with Gasteiger partial charge in [0.2, 0.25) is 0 Å². The average molecular weight is 499 g/mol. The van der Waals surface area contributed by atoms with Crippen molar-refractivity contribution in [2.24, 2.45) is 0 Å². The van der Waals surface area contributed by atoms with Gasteiger partial charge < -0.3 is 20.5 Å². The van der Waals surface area contributed by atoms with Gasteiger partial charge in [-0.3, -0.25) is 9.59 Å². The summed E-state index contributed by atoms with van der Waals surface area (Å²) in [5.74, 6) is -2.27. The Balaban J connectivity index is 1.95. The number of para-hydroxylation sites is 2. The molecule has 0 aliphatic carbocycles. The fourth-order valence-electron chi connectivity index (χ4n) is 2.84. The summed E-state index contributed by atoms with van der Waals surface area (Å²) < 4.78 is 5.38. The topological polar surface area (TPSA) is 105 Å². The molecule has 3 aromatic rings. The van der Waals surface area contributed by atoms with Gasteiger partial charge >= 0.3 is 5.97 Å². The number of ether oxygens (including phenoxy) is 1. The van der Waals surface area contributed by atoms with Gasteiger partial charge in [-0.15, -0.1) is 0 Å². The van der Waals surface area contributed by atoms with E-state index in [4.69, 9.17) is 33.0 Å². The van der Waals surface area contributed by atoms with Crippen LogP contribution in [-0.4, -0.2) is 29.0 Å². The number of benzene rings is 3. The Morgan fingerprint density at radius 2 is 1.38 bits per heavy atom. The SMILES string of the molecule is CC(Oc1cccc(C=C(C(=O)Nc2ccccc2Cl)C(=O)Nc2ccccc2Cl)c1)C(=O)O. The van der Waals surface area contributed by atoms with Crippen LogP contribution in [0.4, 0.5) is 11.4 Å². The van der Waals surface area contributed by atoms with E-state index in [1.165, 1.54) is 19.1 Å². The minimum Gasteiger partial charge on any atom is -0.479 e. The minimum absolute atomic E-state index is 0.233. The Bertz CT molecular complexity index is 1200. The molecule has 9 heteroatoms. The van der Waals surface area contributed by atoms with E-state index in [-0.39, 0.29) is 11.3 Å². The molecule has 0 radical (unpaired) electrons. The molecule has 7 nitrogen and oxygen atoms in total. The second kappa shape index (κ2) is 11.4. The quantitative estimate of drug-likeness (QED) is 0.216. The summed E-state index contributed by atoms with van der Waals surface area (Å²) in [4.78, 5) is 37.3. The molecule has 3 N–H and O–H groups in total. The number of carbonyl (C=O) groups is 3. The maximum Gasteiger partial charge on any atom is 0.344 e. The summed E-state index contributed by atoms with van der Waals surface area (Å²) in [5.41, 5.74) is 0.868. The molecule has 0 spiro atoms. The van der Waals surface area contributed by atoms with Crippen LogP contribution in [0, 0.1) is 0 Å². The van der Waals surface area contributed by atoms with Gasteiger partial charge in [-0.1, -0.05) is 59.6 Å². The number of carboxylic acids is 1. The summed E-state index contributed by atoms with van der Waals surface area (Å²) in [7, 11) is 0. The van der Waals surface area contributed by atoms with Gasteiger partial charge in [-0.05, 0) is 55.0 Å². The van der Waals surface area contributed by atoms with Crippen LogP contribution in [0.1, 0.15) is 12.5 Å². The van der Waals surface area contributed by atoms with Crippen LogP contribution < -0.4 is 15.4 Å². The monoisotopic (exact) mass is 498 g/mol. The number of hydrogen-bond acceptors (Lipinski definition) is 4. The van der Waals surface area contributed by atoms with E-state index in [0.717, 1.165) is 0 Å². The molecule has 0 heterocycles. The third-order valence-electron chi connectivity index (χ3n) is 4.56. The van der Waals surface area contributed by atoms with Crippen LogP contribution >= 0.6 is 23.2 Å². The van der Waals surface area contributed by atoms with Crippen LogP contribution in [0.15, 0.2) is 78.4 Å². The Morgan fingerprint density at radius 3 is 1.88 bits per heavy atom. The number of hydrogen-bond donors (Lipinski definition) is 3. The highest BCUT2D eigenvalue weighted by Gasteiger charge is 2.21. The van der Waals surface area contributed by atoms with Crippen molar-refractivity contribution in [3.8, 4) is 5.75 Å². The molecule has 174 valence electrons. The lowest BCUT2D eigenvalue weighted by molar-refractivity contribution is -0.144. The largest absolute Gasteiger partial charge is 0.479 e. The van der Waals surface area contributed by atoms with Crippen LogP contribution in [0.2, 0.25) is 10.0 Å². The van der Waals surface area contributed by atoms with E-state index in [1.807, 2.05) is 0 Å². The van der Waals surface area contributed by atoms with Crippen molar-refractivity contribution in [1.82, 2.24) is 0 Å². The number of anilines is 2. The van der Waals surface area contributed by atoms with E-state index in [0.29, 0.717) is 27.0 Å². The van der Waals surface area contributed by atoms with Gasteiger partial charge in [0.15, 0.2) is 6.10 Å². The Kier molecular flexibility index (Phi) is 8.29. The summed E-state index contributed by atoms with van der Waals surface area (Å²) in [6, 6.07) is 19.6. The van der Waals surface area contributed by atoms with Crippen molar-refractivity contribution in [3.63, 3.8) is 0 Å². The van der Waals surface area contributed by atoms with Crippen LogP contribution in [0.3, 0.4) is 0 Å². The molecule has 0 aliphatic heterocycles. The molecule has 3 rings (SSSR count). The van der Waals surface area contributed by atoms with Gasteiger partial charge in [0.25, 0.3) is 11.8 Å². The molecule has 0 aromatic heterocycles. The average Bonchev–Trinajstić information content (AvgIpc) is 2.80. The number of rotatable bonds is 8. The van der Waals surface area contributed by atoms with Crippen LogP contribution in [0.25, 0.3) is 6.08 Å². The zero-order valence-electron chi connectivity index (χ0n) is 17.9. The van der Waals surface area contributed by atoms with Crippen molar-refractivity contribution in [1.29, 1.82) is 0 Å². The van der Waals surface area contributed by atoms with Crippen LogP contribution in [-0.2, 0) is 14.4 Å². The molecule has 0 saturated carbocycles. The van der Waals surface area contributed by atoms with E-state index in [2.05, 4.69) is 10.6 Å². The van der Waals surface area contributed by atoms with Gasteiger partial charge in [0.1, 0.15) is 11.3 Å². The molecule has 2 amide bonds. The zero-order valence-corrected chi connectivity index (χ0v) is 19.4. The third kappa shape index (κ3) is 6.60. The summed E-state index contributed by atoms with van der Waals surface area (Å²) in [5, 5.41) is 14.9. The fraction of sp³-hybridized carbons (Fsp3) is 0.0800. The highest BCUT2D eigenvalue weighted by Crippen LogP contribution is 2.24. The standard InChI is InChI=1S/C25H20Cl2N2O5/c1-15(25(32)33)34-17-8-6-7-16(13-17)14-18(23(30)28-21-11-4-2-9-19(21)26)24(31)29-22-12-5-3-10-20(22)27/h2-15H,1H3,(H,28,30)(H,29,31)(H,32,33). The molecule has 34 heavy (non-hydrogen) atoms. The molecule has 0 saturated heterocycles. The van der Waals surface area contributed by atoms with Crippen molar-refractivity contribution in [2.75, 3.05) is 10.6 Å². The van der Waals surface area contributed by atoms with Gasteiger partial charge in [0, 0.05) is 0 Å². The smallest absolute Gasteiger partial charge is 0.344 e. The molecule has 1 unspecified atom stereocenters. The van der Waals surface area contributed by atoms with Crippen molar-refractivity contribution in [2.45, 2.75) is 13.0 Å². The number of amides is 2. The Morgan fingerprint density at radius 1 is 0.853 bits per heavy atom. The second-order valence-corrected chi connectivity index (χ2v) is 7.91. The van der Waals surface area contributed by atoms with E-state index < -0.39 is 23.9 Å². The second-order valence-electron chi connectivity index (χ2n) is 7.10. The van der Waals surface area contributed by atoms with E-state index in [9.17, 15) is 14.4 Å². The first-order chi connectivity index (χ1) is 16.2. The van der Waals surface area contributed by atoms with Gasteiger partial charge in [-0.25, -0.2) is 4.79 Å². The highest BCUT2D eigenvalue weighted by atomic mass is 35.5. The first-order valence-electron chi connectivity index (χ1n) is 10.1. The third-order valence-corrected chi connectivity index (χ3v) is 5.22. The Labute approximate surface area is 206 Å². The van der Waals surface area contributed by atoms with Crippen molar-refractivity contribution < 1.29 is 24.2 Å². The van der Waals surface area contributed by atoms with Crippen molar-refractivity contribution >= 4 is 58.4 Å². The maximum atomic E-state index is 13.1. The number of halogens is 2. The summed E-state index contributed by atoms with van der Waals surface area (Å²) in [6.07, 6.45) is 0.280. The number of carbonyl (C=O) groups excluding carboxylic acids is 2. The lowest BCUT2D eigenvalue weighted by atomic mass is 10.1. The Hall–Kier alpha value is -3.81. The normalized spacial score (nSPS) is 11.1. The molecule has 0 aliphatic rings. The van der Waals surface area contributed by atoms with Gasteiger partial charge in [-0.2, -0.15) is 0 Å². The molecule has 0 bridgehead atoms. The summed E-state index contributed by atoms with van der Waals surface area (Å²) in [6.45, 7) is 1.39. The lowest BCUT2D eigenvalue weighted by Gasteiger charge is -2.13. The predicted octanol–water partition coefficient (Wildman–Crippen LogP) is 5.51. The fourth-order valence-corrected chi connectivity index (χ4v) is 3.20. The first-order valence-corrected chi connectivity index (χ1v) is 10.8. The van der Waals surface area contributed by atoms with E-state index >= 15 is 0 Å². The molecule has 0 fully saturated rings. The molecular weight excluding hydrogens is 479 g/mol. The number of aliphatic carboxylic acids is 1. The molecule has 3 aromatic carbocycles. The number of carboxylic acid groups (broad SMARTS) is 1. The first kappa shape index (κ1) is 24.8. The van der Waals surface area contributed by atoms with Gasteiger partial charge in [0.05, 0.1) is 21.4 Å². The van der Waals surface area contributed by atoms with Crippen LogP contribution in [0.5, 0.6) is 5.75 Å². The molecule has 1 atom stereocenters. The van der Waals surface area contributed by atoms with E-state index in [1.54, 1.807) is 66.7 Å². The lowest BCUT2D eigenvalue weighted by Crippen LogP contribution is -2.25. The predicted molar refractivity (Wildman–Crippen MR) is 132 cm³/mol. The summed E-state index contributed by atoms with van der Waals surface area (Å²) >= 11 is 12.3. The zero-order chi connectivity index (χ0) is 24.7.